The molecule has 0 aliphatic carbocycles. The van der Waals surface area contributed by atoms with E-state index in [1.807, 2.05) is 11.4 Å². The fourth-order valence-electron chi connectivity index (χ4n) is 1.25. The first-order chi connectivity index (χ1) is 7.42. The third kappa shape index (κ3) is 2.68. The van der Waals surface area contributed by atoms with Gasteiger partial charge in [0.25, 0.3) is 0 Å². The van der Waals surface area contributed by atoms with E-state index in [-0.39, 0.29) is 6.61 Å². The third-order valence-corrected chi connectivity index (χ3v) is 4.12. The predicted molar refractivity (Wildman–Crippen MR) is 64.5 cm³/mol. The summed E-state index contributed by atoms with van der Waals surface area (Å²) in [5.74, 6) is 1.00. The average Bonchev–Trinajstić information content (AvgIpc) is 2.73. The zero-order valence-electron chi connectivity index (χ0n) is 8.22. The molecule has 2 heterocycles. The number of aliphatic hydroxyl groups excluding tert-OH is 1. The topological polar surface area (TPSA) is 46.0 Å². The van der Waals surface area contributed by atoms with Gasteiger partial charge in [-0.3, -0.25) is 0 Å². The van der Waals surface area contributed by atoms with Crippen LogP contribution in [-0.2, 0) is 0 Å². The summed E-state index contributed by atoms with van der Waals surface area (Å²) in [6.07, 6.45) is 3.51. The number of hydrogen-bond donors (Lipinski definition) is 1. The summed E-state index contributed by atoms with van der Waals surface area (Å²) in [6, 6.07) is 2.01. The minimum absolute atomic E-state index is 0.277. The molecule has 0 spiro atoms. The van der Waals surface area contributed by atoms with Crippen LogP contribution in [0.2, 0.25) is 0 Å². The van der Waals surface area contributed by atoms with Crippen molar-refractivity contribution in [2.75, 3.05) is 12.4 Å². The van der Waals surface area contributed by atoms with Crippen molar-refractivity contribution < 1.29 is 5.11 Å². The van der Waals surface area contributed by atoms with E-state index in [0.717, 1.165) is 29.1 Å². The monoisotopic (exact) mass is 240 g/mol. The van der Waals surface area contributed by atoms with Gasteiger partial charge < -0.3 is 5.11 Å². The van der Waals surface area contributed by atoms with Crippen LogP contribution in [0.4, 0.5) is 0 Å². The van der Waals surface area contributed by atoms with Crippen LogP contribution < -0.4 is 0 Å². The van der Waals surface area contributed by atoms with E-state index in [0.29, 0.717) is 0 Å². The van der Waals surface area contributed by atoms with Gasteiger partial charge in [-0.1, -0.05) is 0 Å². The molecule has 2 rings (SSSR count). The van der Waals surface area contributed by atoms with E-state index in [1.54, 1.807) is 29.4 Å². The molecule has 0 unspecified atom stereocenters. The molecule has 80 valence electrons. The molecule has 0 radical (unpaired) electrons. The van der Waals surface area contributed by atoms with E-state index in [4.69, 9.17) is 5.11 Å². The molecule has 0 bridgehead atoms. The Labute approximate surface area is 96.6 Å². The maximum Gasteiger partial charge on any atom is 0.117 e. The lowest BCUT2D eigenvalue weighted by molar-refractivity contribution is 0.287. The number of hydrogen-bond acceptors (Lipinski definition) is 5. The van der Waals surface area contributed by atoms with Crippen molar-refractivity contribution in [1.82, 2.24) is 9.97 Å². The Morgan fingerprint density at radius 3 is 3.13 bits per heavy atom. The lowest BCUT2D eigenvalue weighted by atomic mass is 10.4. The smallest absolute Gasteiger partial charge is 0.117 e. The highest BCUT2D eigenvalue weighted by Crippen LogP contribution is 2.28. The molecular weight excluding hydrogens is 228 g/mol. The molecular formula is C10H12N2OS2. The van der Waals surface area contributed by atoms with E-state index < -0.39 is 0 Å². The van der Waals surface area contributed by atoms with Crippen LogP contribution in [0.3, 0.4) is 0 Å². The Balaban J connectivity index is 2.04. The molecule has 15 heavy (non-hydrogen) atoms. The summed E-state index contributed by atoms with van der Waals surface area (Å²) in [7, 11) is 0. The zero-order valence-corrected chi connectivity index (χ0v) is 9.85. The van der Waals surface area contributed by atoms with E-state index in [2.05, 4.69) is 9.97 Å². The number of thiophene rings is 1. The fraction of sp³-hybridized carbons (Fsp3) is 0.400. The Kier molecular flexibility index (Phi) is 3.94. The van der Waals surface area contributed by atoms with Gasteiger partial charge in [-0.15, -0.1) is 23.1 Å². The normalized spacial score (nSPS) is 11.0. The first kappa shape index (κ1) is 10.9. The number of rotatable bonds is 5. The molecule has 2 aromatic rings. The first-order valence-electron chi connectivity index (χ1n) is 4.83. The minimum Gasteiger partial charge on any atom is -0.396 e. The van der Waals surface area contributed by atoms with Gasteiger partial charge in [0.05, 0.1) is 10.2 Å². The van der Waals surface area contributed by atoms with Crippen LogP contribution in [0, 0.1) is 0 Å². The largest absolute Gasteiger partial charge is 0.396 e. The number of thioether (sulfide) groups is 1. The molecule has 0 fully saturated rings. The van der Waals surface area contributed by atoms with Crippen molar-refractivity contribution in [2.24, 2.45) is 0 Å². The van der Waals surface area contributed by atoms with E-state index in [1.165, 1.54) is 4.70 Å². The van der Waals surface area contributed by atoms with E-state index in [9.17, 15) is 0 Å². The Morgan fingerprint density at radius 2 is 2.27 bits per heavy atom. The summed E-state index contributed by atoms with van der Waals surface area (Å²) in [4.78, 5) is 8.47. The third-order valence-electron chi connectivity index (χ3n) is 2.00. The molecule has 0 atom stereocenters. The van der Waals surface area contributed by atoms with Gasteiger partial charge >= 0.3 is 0 Å². The van der Waals surface area contributed by atoms with Gasteiger partial charge in [0, 0.05) is 6.61 Å². The molecule has 0 saturated carbocycles. The van der Waals surface area contributed by atoms with Crippen LogP contribution in [0.25, 0.3) is 10.2 Å². The molecule has 0 aliphatic heterocycles. The highest BCUT2D eigenvalue weighted by Gasteiger charge is 2.04. The lowest BCUT2D eigenvalue weighted by Gasteiger charge is -2.00. The minimum atomic E-state index is 0.277. The second kappa shape index (κ2) is 5.44. The zero-order chi connectivity index (χ0) is 10.5. The van der Waals surface area contributed by atoms with Crippen LogP contribution in [-0.4, -0.2) is 27.4 Å². The van der Waals surface area contributed by atoms with Gasteiger partial charge in [-0.05, 0) is 30.0 Å². The highest BCUT2D eigenvalue weighted by atomic mass is 32.2. The van der Waals surface area contributed by atoms with Crippen molar-refractivity contribution in [2.45, 2.75) is 17.9 Å². The van der Waals surface area contributed by atoms with Crippen LogP contribution in [0.15, 0.2) is 22.8 Å². The average molecular weight is 240 g/mol. The van der Waals surface area contributed by atoms with Crippen LogP contribution in [0.5, 0.6) is 0 Å². The van der Waals surface area contributed by atoms with Crippen molar-refractivity contribution in [1.29, 1.82) is 0 Å². The van der Waals surface area contributed by atoms with E-state index >= 15 is 0 Å². The number of fused-ring (bicyclic) bond motifs is 1. The summed E-state index contributed by atoms with van der Waals surface area (Å²) < 4.78 is 1.17. The number of nitrogens with zero attached hydrogens (tertiary/aromatic N) is 2. The molecule has 3 nitrogen and oxygen atoms in total. The molecule has 0 aliphatic rings. The number of aromatic nitrogens is 2. The highest BCUT2D eigenvalue weighted by molar-refractivity contribution is 7.99. The van der Waals surface area contributed by atoms with Crippen molar-refractivity contribution in [3.8, 4) is 0 Å². The second-order valence-electron chi connectivity index (χ2n) is 3.09. The second-order valence-corrected chi connectivity index (χ2v) is 5.09. The maximum absolute atomic E-state index is 8.67. The first-order valence-corrected chi connectivity index (χ1v) is 6.70. The molecule has 0 saturated heterocycles. The summed E-state index contributed by atoms with van der Waals surface area (Å²) in [6.45, 7) is 0.277. The molecule has 1 N–H and O–H groups in total. The Morgan fingerprint density at radius 1 is 1.33 bits per heavy atom. The number of unbranched alkanes of at least 4 members (excludes halogenated alkanes) is 1. The molecule has 0 amide bonds. The molecule has 2 aromatic heterocycles. The maximum atomic E-state index is 8.67. The standard InChI is InChI=1S/C10H12N2OS2/c13-4-1-2-5-15-10-9-8(3-6-14-9)11-7-12-10/h3,6-7,13H,1-2,4-5H2. The van der Waals surface area contributed by atoms with Gasteiger partial charge in [0.1, 0.15) is 11.4 Å². The van der Waals surface area contributed by atoms with Crippen molar-refractivity contribution in [3.63, 3.8) is 0 Å². The quantitative estimate of drug-likeness (QED) is 0.495. The van der Waals surface area contributed by atoms with Crippen LogP contribution in [0.1, 0.15) is 12.8 Å². The van der Waals surface area contributed by atoms with Gasteiger partial charge in [-0.25, -0.2) is 9.97 Å². The Bertz CT molecular complexity index is 430. The predicted octanol–water partition coefficient (Wildman–Crippen LogP) is 2.56. The number of aliphatic hydroxyl groups is 1. The summed E-state index contributed by atoms with van der Waals surface area (Å²) >= 11 is 3.43. The van der Waals surface area contributed by atoms with Gasteiger partial charge in [0.15, 0.2) is 0 Å². The molecule has 0 aromatic carbocycles. The van der Waals surface area contributed by atoms with Gasteiger partial charge in [-0.2, -0.15) is 0 Å². The molecule has 5 heteroatoms. The van der Waals surface area contributed by atoms with Gasteiger partial charge in [0.2, 0.25) is 0 Å². The summed E-state index contributed by atoms with van der Waals surface area (Å²) in [5.41, 5.74) is 1.03. The SMILES string of the molecule is OCCCCSc1ncnc2ccsc12. The fourth-order valence-corrected chi connectivity index (χ4v) is 3.20. The van der Waals surface area contributed by atoms with Crippen LogP contribution >= 0.6 is 23.1 Å². The van der Waals surface area contributed by atoms with Crippen molar-refractivity contribution in [3.05, 3.63) is 17.8 Å². The lowest BCUT2D eigenvalue weighted by Crippen LogP contribution is -1.88. The summed E-state index contributed by atoms with van der Waals surface area (Å²) in [5, 5.41) is 11.8. The van der Waals surface area contributed by atoms with Crippen molar-refractivity contribution >= 4 is 33.3 Å². The Hall–Kier alpha value is -0.650.